The van der Waals surface area contributed by atoms with E-state index in [9.17, 15) is 9.59 Å². The van der Waals surface area contributed by atoms with Crippen LogP contribution in [-0.4, -0.2) is 47.9 Å². The molecular weight excluding hydrogens is 424 g/mol. The number of rotatable bonds is 9. The van der Waals surface area contributed by atoms with Crippen LogP contribution in [-0.2, 0) is 9.59 Å². The van der Waals surface area contributed by atoms with Crippen molar-refractivity contribution in [2.75, 3.05) is 26.9 Å². The number of para-hydroxylation sites is 1. The number of nitrogens with two attached hydrogens (primary N) is 1. The Morgan fingerprint density at radius 1 is 1.17 bits per heavy atom. The zero-order valence-electron chi connectivity index (χ0n) is 16.2. The highest BCUT2D eigenvalue weighted by atomic mass is 32.2. The van der Waals surface area contributed by atoms with Gasteiger partial charge >= 0.3 is 0 Å². The van der Waals surface area contributed by atoms with Gasteiger partial charge in [-0.05, 0) is 35.9 Å². The third-order valence-corrected chi connectivity index (χ3v) is 5.43. The normalized spacial score (nSPS) is 14.8. The van der Waals surface area contributed by atoms with Crippen molar-refractivity contribution in [3.63, 3.8) is 0 Å². The van der Waals surface area contributed by atoms with E-state index in [-0.39, 0.29) is 12.5 Å². The number of nitrogens with zero attached hydrogens (tertiary/aromatic N) is 1. The van der Waals surface area contributed by atoms with E-state index in [1.165, 1.54) is 23.8 Å². The molecule has 156 valence electrons. The van der Waals surface area contributed by atoms with Gasteiger partial charge in [-0.2, -0.15) is 0 Å². The number of hydrogen-bond acceptors (Lipinski definition) is 7. The average molecular weight is 445 g/mol. The summed E-state index contributed by atoms with van der Waals surface area (Å²) in [6, 6.07) is 14.5. The maximum Gasteiger partial charge on any atom is 0.266 e. The van der Waals surface area contributed by atoms with Crippen molar-refractivity contribution in [1.29, 1.82) is 0 Å². The van der Waals surface area contributed by atoms with Crippen LogP contribution in [0.1, 0.15) is 5.56 Å². The maximum atomic E-state index is 12.7. The molecule has 2 aromatic rings. The molecule has 7 nitrogen and oxygen atoms in total. The summed E-state index contributed by atoms with van der Waals surface area (Å²) in [4.78, 5) is 25.7. The summed E-state index contributed by atoms with van der Waals surface area (Å²) in [5, 5.41) is 0. The second-order valence-electron chi connectivity index (χ2n) is 6.16. The Morgan fingerprint density at radius 2 is 1.93 bits per heavy atom. The van der Waals surface area contributed by atoms with Crippen LogP contribution < -0.4 is 19.9 Å². The predicted molar refractivity (Wildman–Crippen MR) is 119 cm³/mol. The van der Waals surface area contributed by atoms with Crippen LogP contribution in [0.4, 0.5) is 0 Å². The van der Waals surface area contributed by atoms with Gasteiger partial charge < -0.3 is 19.9 Å². The third-order valence-electron chi connectivity index (χ3n) is 4.06. The van der Waals surface area contributed by atoms with Crippen LogP contribution >= 0.6 is 24.0 Å². The molecule has 2 amide bonds. The van der Waals surface area contributed by atoms with Gasteiger partial charge in [-0.3, -0.25) is 14.5 Å². The number of thiocarbonyl (C=S) groups is 1. The van der Waals surface area contributed by atoms with Crippen molar-refractivity contribution in [2.45, 2.75) is 0 Å². The minimum absolute atomic E-state index is 0.172. The van der Waals surface area contributed by atoms with Gasteiger partial charge in [0.05, 0.1) is 18.6 Å². The molecule has 2 N–H and O–H groups in total. The number of ether oxygens (including phenoxy) is 3. The molecule has 1 aliphatic rings. The number of primary amides is 1. The number of hydrogen-bond donors (Lipinski definition) is 1. The Hall–Kier alpha value is -3.04. The molecule has 9 heteroatoms. The van der Waals surface area contributed by atoms with Crippen LogP contribution in [0.5, 0.6) is 17.2 Å². The molecule has 0 unspecified atom stereocenters. The van der Waals surface area contributed by atoms with Gasteiger partial charge in [-0.1, -0.05) is 48.2 Å². The largest absolute Gasteiger partial charge is 0.493 e. The summed E-state index contributed by atoms with van der Waals surface area (Å²) < 4.78 is 16.7. The molecule has 0 aromatic heterocycles. The van der Waals surface area contributed by atoms with Crippen molar-refractivity contribution in [3.05, 3.63) is 59.0 Å². The van der Waals surface area contributed by atoms with Crippen molar-refractivity contribution < 1.29 is 23.8 Å². The van der Waals surface area contributed by atoms with E-state index in [2.05, 4.69) is 0 Å². The fourth-order valence-corrected chi connectivity index (χ4v) is 3.97. The Kier molecular flexibility index (Phi) is 7.31. The monoisotopic (exact) mass is 444 g/mol. The Bertz CT molecular complexity index is 979. The van der Waals surface area contributed by atoms with E-state index in [1.807, 2.05) is 30.3 Å². The number of benzene rings is 2. The number of amides is 2. The maximum absolute atomic E-state index is 12.7. The van der Waals surface area contributed by atoms with E-state index in [0.29, 0.717) is 33.9 Å². The topological polar surface area (TPSA) is 91.1 Å². The van der Waals surface area contributed by atoms with Gasteiger partial charge in [-0.15, -0.1) is 0 Å². The molecule has 1 fully saturated rings. The molecule has 0 saturated carbocycles. The van der Waals surface area contributed by atoms with Gasteiger partial charge in [0.15, 0.2) is 18.1 Å². The number of methoxy groups -OCH3 is 1. The Labute approximate surface area is 183 Å². The zero-order valence-corrected chi connectivity index (χ0v) is 17.8. The fourth-order valence-electron chi connectivity index (χ4n) is 2.66. The molecule has 30 heavy (non-hydrogen) atoms. The van der Waals surface area contributed by atoms with Crippen molar-refractivity contribution in [3.8, 4) is 17.2 Å². The molecule has 0 radical (unpaired) electrons. The number of carbonyl (C=O) groups is 2. The summed E-state index contributed by atoms with van der Waals surface area (Å²) in [6.45, 7) is 0.447. The molecular formula is C21H20N2O5S2. The minimum atomic E-state index is -0.582. The van der Waals surface area contributed by atoms with Crippen molar-refractivity contribution >= 4 is 46.2 Å². The van der Waals surface area contributed by atoms with E-state index >= 15 is 0 Å². The molecule has 1 heterocycles. The van der Waals surface area contributed by atoms with Gasteiger partial charge in [-0.25, -0.2) is 0 Å². The molecule has 0 atom stereocenters. The molecule has 0 aliphatic carbocycles. The Balaban J connectivity index is 1.66. The van der Waals surface area contributed by atoms with Gasteiger partial charge in [0.25, 0.3) is 11.8 Å². The van der Waals surface area contributed by atoms with Gasteiger partial charge in [0.2, 0.25) is 0 Å². The average Bonchev–Trinajstić information content (AvgIpc) is 3.00. The van der Waals surface area contributed by atoms with E-state index in [1.54, 1.807) is 24.3 Å². The number of thioether (sulfide) groups is 1. The van der Waals surface area contributed by atoms with Crippen LogP contribution in [0, 0.1) is 0 Å². The molecule has 1 aliphatic heterocycles. The van der Waals surface area contributed by atoms with Crippen LogP contribution in [0.25, 0.3) is 6.08 Å². The standard InChI is InChI=1S/C21H20N2O5S2/c1-26-17-11-14(7-8-16(17)28-13-19(22)24)12-18-20(25)23(21(29)30-18)9-10-27-15-5-3-2-4-6-15/h2-8,11-12H,9-10,13H2,1H3,(H2,22,24)/b18-12-. The molecule has 3 rings (SSSR count). The summed E-state index contributed by atoms with van der Waals surface area (Å²) >= 11 is 6.59. The van der Waals surface area contributed by atoms with E-state index in [4.69, 9.17) is 32.2 Å². The highest BCUT2D eigenvalue weighted by Gasteiger charge is 2.31. The van der Waals surface area contributed by atoms with Crippen molar-refractivity contribution in [1.82, 2.24) is 4.90 Å². The fraction of sp³-hybridized carbons (Fsp3) is 0.190. The van der Waals surface area contributed by atoms with Crippen LogP contribution in [0.15, 0.2) is 53.4 Å². The molecule has 0 bridgehead atoms. The summed E-state index contributed by atoms with van der Waals surface area (Å²) in [5.41, 5.74) is 5.83. The van der Waals surface area contributed by atoms with Gasteiger partial charge in [0, 0.05) is 0 Å². The smallest absolute Gasteiger partial charge is 0.266 e. The quantitative estimate of drug-likeness (QED) is 0.470. The lowest BCUT2D eigenvalue weighted by molar-refractivity contribution is -0.122. The highest BCUT2D eigenvalue weighted by molar-refractivity contribution is 8.26. The van der Waals surface area contributed by atoms with Crippen LogP contribution in [0.2, 0.25) is 0 Å². The van der Waals surface area contributed by atoms with E-state index in [0.717, 1.165) is 11.3 Å². The summed E-state index contributed by atoms with van der Waals surface area (Å²) in [5.74, 6) is 0.802. The first-order valence-corrected chi connectivity index (χ1v) is 10.2. The second kappa shape index (κ2) is 10.1. The molecule has 1 saturated heterocycles. The van der Waals surface area contributed by atoms with Crippen molar-refractivity contribution in [2.24, 2.45) is 5.73 Å². The second-order valence-corrected chi connectivity index (χ2v) is 7.84. The minimum Gasteiger partial charge on any atom is -0.493 e. The first-order valence-electron chi connectivity index (χ1n) is 9.00. The molecule has 2 aromatic carbocycles. The zero-order chi connectivity index (χ0) is 21.5. The lowest BCUT2D eigenvalue weighted by Crippen LogP contribution is -2.32. The predicted octanol–water partition coefficient (Wildman–Crippen LogP) is 2.84. The first-order chi connectivity index (χ1) is 14.5. The van der Waals surface area contributed by atoms with Gasteiger partial charge in [0.1, 0.15) is 16.7 Å². The highest BCUT2D eigenvalue weighted by Crippen LogP contribution is 2.34. The van der Waals surface area contributed by atoms with Crippen LogP contribution in [0.3, 0.4) is 0 Å². The lowest BCUT2D eigenvalue weighted by Gasteiger charge is -2.15. The summed E-state index contributed by atoms with van der Waals surface area (Å²) in [7, 11) is 1.49. The SMILES string of the molecule is COc1cc(/C=C2\SC(=S)N(CCOc3ccccc3)C2=O)ccc1OCC(N)=O. The third kappa shape index (κ3) is 5.52. The first kappa shape index (κ1) is 21.7. The van der Waals surface area contributed by atoms with E-state index < -0.39 is 5.91 Å². The summed E-state index contributed by atoms with van der Waals surface area (Å²) in [6.07, 6.45) is 1.73. The lowest BCUT2D eigenvalue weighted by atomic mass is 10.2. The Morgan fingerprint density at radius 3 is 2.63 bits per heavy atom. The molecule has 0 spiro atoms. The number of carbonyl (C=O) groups excluding carboxylic acids is 2.